The van der Waals surface area contributed by atoms with Gasteiger partial charge in [0.1, 0.15) is 5.82 Å². The first-order chi connectivity index (χ1) is 13.1. The standard InChI is InChI=1S/C21H24FN3O2/c1-13-3-5-17(8-19(13)15-7-16(22)11-23-10-15)24-21(26)25-18-6-4-14(12-27-2)20(25)9-18/h3,5,7-8,10-11,14,18,20H,4,6,9,12H2,1-2H3,(H,24,26). The number of fused-ring (bicyclic) bond motifs is 2. The fourth-order valence-electron chi connectivity index (χ4n) is 4.40. The number of nitrogens with zero attached hydrogens (tertiary/aromatic N) is 2. The lowest BCUT2D eigenvalue weighted by atomic mass is 9.73. The molecule has 5 rings (SSSR count). The highest BCUT2D eigenvalue weighted by Gasteiger charge is 2.49. The van der Waals surface area contributed by atoms with Crippen LogP contribution in [0.1, 0.15) is 24.8 Å². The first-order valence-electron chi connectivity index (χ1n) is 9.36. The zero-order valence-corrected chi connectivity index (χ0v) is 15.6. The molecule has 2 aromatic rings. The van der Waals surface area contributed by atoms with Gasteiger partial charge in [-0.05, 0) is 55.5 Å². The van der Waals surface area contributed by atoms with E-state index in [1.54, 1.807) is 13.3 Å². The third-order valence-corrected chi connectivity index (χ3v) is 5.80. The average molecular weight is 369 g/mol. The Labute approximate surface area is 158 Å². The van der Waals surface area contributed by atoms with Crippen molar-refractivity contribution >= 4 is 11.7 Å². The number of anilines is 1. The highest BCUT2D eigenvalue weighted by Crippen LogP contribution is 2.42. The fourth-order valence-corrected chi connectivity index (χ4v) is 4.40. The highest BCUT2D eigenvalue weighted by molar-refractivity contribution is 5.91. The molecule has 3 fully saturated rings. The number of pyridine rings is 1. The quantitative estimate of drug-likeness (QED) is 0.878. The first kappa shape index (κ1) is 17.9. The van der Waals surface area contributed by atoms with Crippen LogP contribution in [-0.4, -0.2) is 41.7 Å². The second-order valence-corrected chi connectivity index (χ2v) is 7.51. The number of carbonyl (C=O) groups is 1. The number of ether oxygens (including phenoxy) is 1. The predicted octanol–water partition coefficient (Wildman–Crippen LogP) is 4.23. The summed E-state index contributed by atoms with van der Waals surface area (Å²) in [4.78, 5) is 18.7. The van der Waals surface area contributed by atoms with E-state index < -0.39 is 0 Å². The van der Waals surface area contributed by atoms with Crippen LogP contribution in [-0.2, 0) is 4.74 Å². The summed E-state index contributed by atoms with van der Waals surface area (Å²) in [5.41, 5.74) is 3.27. The fraction of sp³-hybridized carbons (Fsp3) is 0.429. The molecule has 3 unspecified atom stereocenters. The summed E-state index contributed by atoms with van der Waals surface area (Å²) in [5, 5.41) is 3.02. The molecule has 2 bridgehead atoms. The van der Waals surface area contributed by atoms with E-state index in [2.05, 4.69) is 10.3 Å². The van der Waals surface area contributed by atoms with Crippen LogP contribution in [0.5, 0.6) is 0 Å². The molecule has 5 nitrogen and oxygen atoms in total. The number of hydrogen-bond acceptors (Lipinski definition) is 3. The Kier molecular flexibility index (Phi) is 4.83. The number of urea groups is 1. The number of rotatable bonds is 4. The van der Waals surface area contributed by atoms with Crippen molar-refractivity contribution in [2.45, 2.75) is 38.3 Å². The molecule has 142 valence electrons. The molecule has 1 aromatic carbocycles. The zero-order chi connectivity index (χ0) is 19.0. The third kappa shape index (κ3) is 3.41. The summed E-state index contributed by atoms with van der Waals surface area (Å²) in [5.74, 6) is 0.0385. The number of nitrogens with one attached hydrogen (secondary N) is 1. The molecule has 3 heterocycles. The Balaban J connectivity index is 1.52. The van der Waals surface area contributed by atoms with Gasteiger partial charge in [-0.15, -0.1) is 0 Å². The molecule has 2 amide bonds. The van der Waals surface area contributed by atoms with E-state index in [0.29, 0.717) is 29.8 Å². The average Bonchev–Trinajstić information content (AvgIpc) is 2.63. The van der Waals surface area contributed by atoms with E-state index >= 15 is 0 Å². The number of halogens is 1. The van der Waals surface area contributed by atoms with Crippen LogP contribution in [0.4, 0.5) is 14.9 Å². The van der Waals surface area contributed by atoms with Gasteiger partial charge in [0.25, 0.3) is 0 Å². The molecule has 1 aromatic heterocycles. The van der Waals surface area contributed by atoms with E-state index in [-0.39, 0.29) is 17.9 Å². The largest absolute Gasteiger partial charge is 0.384 e. The Morgan fingerprint density at radius 3 is 2.93 bits per heavy atom. The molecule has 1 N–H and O–H groups in total. The molecule has 0 radical (unpaired) electrons. The molecule has 1 saturated carbocycles. The summed E-state index contributed by atoms with van der Waals surface area (Å²) in [6.07, 6.45) is 6.03. The van der Waals surface area contributed by atoms with Gasteiger partial charge in [0.15, 0.2) is 0 Å². The van der Waals surface area contributed by atoms with Crippen LogP contribution in [0.15, 0.2) is 36.7 Å². The van der Waals surface area contributed by atoms with Crippen molar-refractivity contribution in [1.29, 1.82) is 0 Å². The van der Waals surface area contributed by atoms with Gasteiger partial charge in [-0.2, -0.15) is 0 Å². The van der Waals surface area contributed by atoms with E-state index in [1.165, 1.54) is 12.3 Å². The van der Waals surface area contributed by atoms with Crippen molar-refractivity contribution < 1.29 is 13.9 Å². The van der Waals surface area contributed by atoms with Crippen molar-refractivity contribution in [3.8, 4) is 11.1 Å². The number of piperidine rings is 1. The van der Waals surface area contributed by atoms with Crippen LogP contribution in [0.3, 0.4) is 0 Å². The molecule has 2 aliphatic heterocycles. The van der Waals surface area contributed by atoms with Gasteiger partial charge >= 0.3 is 6.03 Å². The Morgan fingerprint density at radius 2 is 2.19 bits per heavy atom. The number of benzene rings is 1. The molecule has 3 aliphatic rings. The van der Waals surface area contributed by atoms with Crippen LogP contribution < -0.4 is 5.32 Å². The minimum Gasteiger partial charge on any atom is -0.384 e. The van der Waals surface area contributed by atoms with Crippen molar-refractivity contribution in [2.24, 2.45) is 5.92 Å². The molecule has 27 heavy (non-hydrogen) atoms. The topological polar surface area (TPSA) is 54.5 Å². The molecule has 2 saturated heterocycles. The molecular formula is C21H24FN3O2. The van der Waals surface area contributed by atoms with Crippen molar-refractivity contribution in [3.63, 3.8) is 0 Å². The number of hydrogen-bond donors (Lipinski definition) is 1. The molecule has 1 aliphatic carbocycles. The summed E-state index contributed by atoms with van der Waals surface area (Å²) in [7, 11) is 1.71. The van der Waals surface area contributed by atoms with Crippen LogP contribution >= 0.6 is 0 Å². The first-order valence-corrected chi connectivity index (χ1v) is 9.36. The predicted molar refractivity (Wildman–Crippen MR) is 102 cm³/mol. The normalized spacial score (nSPS) is 23.7. The smallest absolute Gasteiger partial charge is 0.322 e. The second-order valence-electron chi connectivity index (χ2n) is 7.51. The van der Waals surface area contributed by atoms with Crippen molar-refractivity contribution in [2.75, 3.05) is 19.0 Å². The number of carbonyl (C=O) groups excluding carboxylic acids is 1. The Morgan fingerprint density at radius 1 is 1.33 bits per heavy atom. The minimum atomic E-state index is -0.376. The maximum Gasteiger partial charge on any atom is 0.322 e. The molecular weight excluding hydrogens is 345 g/mol. The summed E-state index contributed by atoms with van der Waals surface area (Å²) in [6.45, 7) is 2.66. The summed E-state index contributed by atoms with van der Waals surface area (Å²) >= 11 is 0. The lowest BCUT2D eigenvalue weighted by Gasteiger charge is -2.56. The third-order valence-electron chi connectivity index (χ3n) is 5.80. The Bertz CT molecular complexity index is 853. The number of aryl methyl sites for hydroxylation is 1. The molecule has 6 heteroatoms. The van der Waals surface area contributed by atoms with Crippen LogP contribution in [0.2, 0.25) is 0 Å². The maximum atomic E-state index is 13.5. The van der Waals surface area contributed by atoms with Gasteiger partial charge in [0, 0.05) is 42.6 Å². The van der Waals surface area contributed by atoms with Gasteiger partial charge in [-0.1, -0.05) is 6.07 Å². The van der Waals surface area contributed by atoms with E-state index in [1.807, 2.05) is 30.0 Å². The monoisotopic (exact) mass is 369 g/mol. The second kappa shape index (κ2) is 7.27. The van der Waals surface area contributed by atoms with Crippen molar-refractivity contribution in [1.82, 2.24) is 9.88 Å². The van der Waals surface area contributed by atoms with Gasteiger partial charge in [0.05, 0.1) is 12.8 Å². The van der Waals surface area contributed by atoms with Crippen LogP contribution in [0.25, 0.3) is 11.1 Å². The molecule has 0 spiro atoms. The lowest BCUT2D eigenvalue weighted by Crippen LogP contribution is -2.66. The van der Waals surface area contributed by atoms with E-state index in [9.17, 15) is 9.18 Å². The Hall–Kier alpha value is -2.47. The van der Waals surface area contributed by atoms with Crippen molar-refractivity contribution in [3.05, 3.63) is 48.0 Å². The van der Waals surface area contributed by atoms with Gasteiger partial charge in [-0.25, -0.2) is 9.18 Å². The minimum absolute atomic E-state index is 0.0655. The van der Waals surface area contributed by atoms with Gasteiger partial charge in [0.2, 0.25) is 0 Å². The number of methoxy groups -OCH3 is 1. The van der Waals surface area contributed by atoms with Crippen LogP contribution in [0, 0.1) is 18.7 Å². The lowest BCUT2D eigenvalue weighted by molar-refractivity contribution is -0.0475. The SMILES string of the molecule is COCC1CCC2CC1N2C(=O)Nc1ccc(C)c(-c2cncc(F)c2)c1. The number of aromatic nitrogens is 1. The van der Waals surface area contributed by atoms with E-state index in [0.717, 1.165) is 30.4 Å². The van der Waals surface area contributed by atoms with E-state index in [4.69, 9.17) is 4.74 Å². The number of amides is 2. The summed E-state index contributed by atoms with van der Waals surface area (Å²) < 4.78 is 18.9. The molecule has 3 atom stereocenters. The summed E-state index contributed by atoms with van der Waals surface area (Å²) in [6, 6.07) is 7.68. The van der Waals surface area contributed by atoms with Gasteiger partial charge in [-0.3, -0.25) is 4.98 Å². The maximum absolute atomic E-state index is 13.5. The van der Waals surface area contributed by atoms with Gasteiger partial charge < -0.3 is 15.0 Å². The zero-order valence-electron chi connectivity index (χ0n) is 15.6. The highest BCUT2D eigenvalue weighted by atomic mass is 19.1.